The molecule has 6 aromatic rings. The molecule has 66 heavy (non-hydrogen) atoms. The smallest absolute Gasteiger partial charge is 0.254 e. The summed E-state index contributed by atoms with van der Waals surface area (Å²) in [4.78, 5) is 39.2. The van der Waals surface area contributed by atoms with E-state index < -0.39 is 18.1 Å². The van der Waals surface area contributed by atoms with Crippen LogP contribution in [0.15, 0.2) is 83.1 Å². The van der Waals surface area contributed by atoms with Crippen molar-refractivity contribution in [3.63, 3.8) is 0 Å². The summed E-state index contributed by atoms with van der Waals surface area (Å²) in [6.07, 6.45) is 2.97. The molecule has 0 unspecified atom stereocenters. The van der Waals surface area contributed by atoms with E-state index in [0.29, 0.717) is 67.9 Å². The number of aromatic nitrogens is 6. The molecular weight excluding hydrogens is 863 g/mol. The lowest BCUT2D eigenvalue weighted by atomic mass is 9.91. The highest BCUT2D eigenvalue weighted by atomic mass is 32.1. The maximum Gasteiger partial charge on any atom is 0.254 e. The van der Waals surface area contributed by atoms with E-state index in [0.717, 1.165) is 60.0 Å². The van der Waals surface area contributed by atoms with Crippen molar-refractivity contribution in [3.05, 3.63) is 95.6 Å². The Morgan fingerprint density at radius 2 is 1.70 bits per heavy atom. The molecule has 0 aliphatic carbocycles. The monoisotopic (exact) mass is 919 g/mol. The summed E-state index contributed by atoms with van der Waals surface area (Å²) in [6, 6.07) is 17.6. The Labute approximate surface area is 387 Å². The number of aliphatic hydroxyl groups excluding tert-OH is 1. The van der Waals surface area contributed by atoms with Gasteiger partial charge in [0.15, 0.2) is 11.6 Å². The maximum atomic E-state index is 14.1. The number of thiazole rings is 1. The van der Waals surface area contributed by atoms with Gasteiger partial charge in [-0.2, -0.15) is 5.10 Å². The fourth-order valence-corrected chi connectivity index (χ4v) is 9.23. The lowest BCUT2D eigenvalue weighted by Crippen LogP contribution is -2.48. The van der Waals surface area contributed by atoms with Crippen LogP contribution in [0.1, 0.15) is 43.2 Å². The predicted octanol–water partition coefficient (Wildman–Crippen LogP) is 4.45. The second-order valence-electron chi connectivity index (χ2n) is 17.0. The second kappa shape index (κ2) is 21.4. The van der Waals surface area contributed by atoms with Crippen LogP contribution in [-0.4, -0.2) is 145 Å². The van der Waals surface area contributed by atoms with E-state index in [2.05, 4.69) is 40.6 Å². The molecule has 2 fully saturated rings. The van der Waals surface area contributed by atoms with Gasteiger partial charge in [-0.15, -0.1) is 21.5 Å². The molecule has 5 N–H and O–H groups in total. The standard InChI is InChI=1S/C47H57N11O7S/c1-30(2)43(47(62)58-28-35(59)22-39(58)46(61)49-25-32-8-10-33(11-9-32)44-31(3)50-29-66-44)41-24-42(54-65-41)64-21-17-56-14-12-55(13-15-56)16-19-63-20-18-57-27-34(26-51-57)37-23-38(52-53-45(37)48)36-6-4-5-7-40(36)60/h4-11,23-24,26-27,29-30,35,39,43,59-60H,12-22,25,28H2,1-3H3,(H2,48,53)(H,49,61)/t35-,39+,43-/m1/s1. The van der Waals surface area contributed by atoms with Crippen LogP contribution in [0.25, 0.3) is 32.8 Å². The third-order valence-electron chi connectivity index (χ3n) is 12.1. The molecule has 6 heterocycles. The fourth-order valence-electron chi connectivity index (χ4n) is 8.42. The Bertz CT molecular complexity index is 2550. The lowest BCUT2D eigenvalue weighted by molar-refractivity contribution is -0.141. The van der Waals surface area contributed by atoms with Crippen molar-refractivity contribution >= 4 is 29.0 Å². The molecule has 3 atom stereocenters. The van der Waals surface area contributed by atoms with Crippen molar-refractivity contribution in [1.82, 2.24) is 50.1 Å². The van der Waals surface area contributed by atoms with Gasteiger partial charge >= 0.3 is 0 Å². The highest BCUT2D eigenvalue weighted by molar-refractivity contribution is 7.13. The molecule has 348 valence electrons. The zero-order valence-electron chi connectivity index (χ0n) is 37.5. The van der Waals surface area contributed by atoms with Crippen molar-refractivity contribution in [2.75, 3.05) is 71.4 Å². The second-order valence-corrected chi connectivity index (χ2v) is 17.9. The van der Waals surface area contributed by atoms with Crippen LogP contribution in [0.2, 0.25) is 0 Å². The van der Waals surface area contributed by atoms with Crippen LogP contribution in [0, 0.1) is 12.8 Å². The average molecular weight is 920 g/mol. The Balaban J connectivity index is 0.734. The third-order valence-corrected chi connectivity index (χ3v) is 13.1. The van der Waals surface area contributed by atoms with E-state index in [4.69, 9.17) is 19.7 Å². The number of nitrogens with two attached hydrogens (primary N) is 1. The van der Waals surface area contributed by atoms with Crippen LogP contribution in [-0.2, 0) is 27.4 Å². The van der Waals surface area contributed by atoms with Crippen molar-refractivity contribution in [2.45, 2.75) is 58.3 Å². The highest BCUT2D eigenvalue weighted by Crippen LogP contribution is 2.34. The molecule has 2 aromatic carbocycles. The van der Waals surface area contributed by atoms with Crippen molar-refractivity contribution in [1.29, 1.82) is 0 Å². The van der Waals surface area contributed by atoms with E-state index in [9.17, 15) is 19.8 Å². The minimum Gasteiger partial charge on any atom is -0.507 e. The van der Waals surface area contributed by atoms with E-state index in [1.54, 1.807) is 47.9 Å². The zero-order chi connectivity index (χ0) is 46.2. The van der Waals surface area contributed by atoms with Crippen LogP contribution in [0.3, 0.4) is 0 Å². The summed E-state index contributed by atoms with van der Waals surface area (Å²) >= 11 is 1.59. The number of phenolic OH excluding ortho intramolecular Hbond substituents is 1. The number of carbonyl (C=O) groups excluding carboxylic acids is 2. The molecule has 2 amide bonds. The Hall–Kier alpha value is -6.25. The molecule has 2 aliphatic heterocycles. The van der Waals surface area contributed by atoms with E-state index >= 15 is 0 Å². The van der Waals surface area contributed by atoms with Gasteiger partial charge in [0, 0.05) is 87.7 Å². The number of benzene rings is 2. The van der Waals surface area contributed by atoms with Gasteiger partial charge in [-0.05, 0) is 47.3 Å². The number of phenols is 1. The molecule has 2 saturated heterocycles. The molecule has 2 aliphatic rings. The number of β-amino-alcohol motifs (C(OH)–C–C–N with tert-alkyl or cyclic N) is 1. The number of anilines is 1. The van der Waals surface area contributed by atoms with E-state index in [1.807, 2.05) is 67.5 Å². The minimum absolute atomic E-state index is 0.0579. The summed E-state index contributed by atoms with van der Waals surface area (Å²) in [6.45, 7) is 13.4. The van der Waals surface area contributed by atoms with E-state index in [-0.39, 0.29) is 42.3 Å². The first-order valence-corrected chi connectivity index (χ1v) is 23.2. The molecule has 18 nitrogen and oxygen atoms in total. The Morgan fingerprint density at radius 1 is 0.955 bits per heavy atom. The SMILES string of the molecule is Cc1ncsc1-c1ccc(CNC(=O)[C@@H]2C[C@@H](O)CN2C(=O)[C@@H](c2cc(OCCN3CCN(CCOCCn4cc(-c5cc(-c6ccccc6O)nnc5N)cn4)CC3)no2)C(C)C)cc1. The molecular formula is C47H57N11O7S. The number of nitrogen functional groups attached to an aromatic ring is 1. The fraction of sp³-hybridized carbons (Fsp3) is 0.426. The number of likely N-dealkylation sites (tertiary alicyclic amines) is 1. The van der Waals surface area contributed by atoms with Gasteiger partial charge in [0.1, 0.15) is 24.3 Å². The molecule has 8 rings (SSSR count). The van der Waals surface area contributed by atoms with Crippen molar-refractivity contribution < 1.29 is 33.8 Å². The predicted molar refractivity (Wildman–Crippen MR) is 248 cm³/mol. The van der Waals surface area contributed by atoms with Gasteiger partial charge in [-0.1, -0.05) is 50.2 Å². The summed E-state index contributed by atoms with van der Waals surface area (Å²) in [7, 11) is 0. The van der Waals surface area contributed by atoms with Gasteiger partial charge in [0.05, 0.1) is 53.8 Å². The molecule has 0 radical (unpaired) electrons. The van der Waals surface area contributed by atoms with Crippen LogP contribution in [0.4, 0.5) is 5.82 Å². The summed E-state index contributed by atoms with van der Waals surface area (Å²) in [5, 5.41) is 40.7. The third kappa shape index (κ3) is 11.2. The van der Waals surface area contributed by atoms with Gasteiger partial charge < -0.3 is 40.2 Å². The summed E-state index contributed by atoms with van der Waals surface area (Å²) < 4.78 is 19.4. The summed E-state index contributed by atoms with van der Waals surface area (Å²) in [5.41, 5.74) is 13.5. The number of carbonyl (C=O) groups is 2. The van der Waals surface area contributed by atoms with Crippen LogP contribution >= 0.6 is 11.3 Å². The molecule has 0 spiro atoms. The Kier molecular flexibility index (Phi) is 15.0. The number of hydrogen-bond donors (Lipinski definition) is 4. The number of para-hydroxylation sites is 1. The Morgan fingerprint density at radius 3 is 2.42 bits per heavy atom. The minimum atomic E-state index is -0.815. The number of rotatable bonds is 19. The number of hydrogen-bond acceptors (Lipinski definition) is 16. The number of nitrogens with one attached hydrogen (secondary N) is 1. The van der Waals surface area contributed by atoms with Gasteiger partial charge in [0.25, 0.3) is 5.88 Å². The number of piperazine rings is 1. The number of aromatic hydroxyl groups is 1. The van der Waals surface area contributed by atoms with Crippen molar-refractivity contribution in [3.8, 4) is 44.5 Å². The number of ether oxygens (including phenoxy) is 2. The molecule has 0 saturated carbocycles. The zero-order valence-corrected chi connectivity index (χ0v) is 38.3. The average Bonchev–Trinajstić information content (AvgIpc) is 4.15. The van der Waals surface area contributed by atoms with Gasteiger partial charge in [-0.3, -0.25) is 24.1 Å². The highest BCUT2D eigenvalue weighted by Gasteiger charge is 2.43. The normalized spacial score (nSPS) is 17.4. The first-order valence-electron chi connectivity index (χ1n) is 22.3. The van der Waals surface area contributed by atoms with Crippen LogP contribution in [0.5, 0.6) is 11.6 Å². The maximum absolute atomic E-state index is 14.1. The van der Waals surface area contributed by atoms with Gasteiger partial charge in [0.2, 0.25) is 11.8 Å². The lowest BCUT2D eigenvalue weighted by Gasteiger charge is -2.34. The van der Waals surface area contributed by atoms with Crippen LogP contribution < -0.4 is 15.8 Å². The number of nitrogens with zero attached hydrogens (tertiary/aromatic N) is 9. The molecule has 0 bridgehead atoms. The summed E-state index contributed by atoms with van der Waals surface area (Å²) in [5.74, 6) is -0.430. The number of amides is 2. The van der Waals surface area contributed by atoms with Crippen molar-refractivity contribution in [2.24, 2.45) is 5.92 Å². The first kappa shape index (κ1) is 46.3. The number of aryl methyl sites for hydroxylation is 1. The molecule has 4 aromatic heterocycles. The van der Waals surface area contributed by atoms with Gasteiger partial charge in [-0.25, -0.2) is 4.98 Å². The molecule has 19 heteroatoms. The van der Waals surface area contributed by atoms with E-state index in [1.165, 1.54) is 4.90 Å². The quantitative estimate of drug-likeness (QED) is 0.0825. The first-order chi connectivity index (χ1) is 32.0. The topological polar surface area (TPSA) is 223 Å². The largest absolute Gasteiger partial charge is 0.507 e. The number of aliphatic hydroxyl groups is 1.